The van der Waals surface area contributed by atoms with Gasteiger partial charge in [-0.05, 0) is 46.5 Å². The summed E-state index contributed by atoms with van der Waals surface area (Å²) in [6, 6.07) is 28.6. The summed E-state index contributed by atoms with van der Waals surface area (Å²) in [5.41, 5.74) is 7.26. The van der Waals surface area contributed by atoms with Gasteiger partial charge in [0.2, 0.25) is 0 Å². The van der Waals surface area contributed by atoms with Crippen LogP contribution in [-0.4, -0.2) is 46.9 Å². The number of rotatable bonds is 7. The summed E-state index contributed by atoms with van der Waals surface area (Å²) in [5, 5.41) is 0. The highest BCUT2D eigenvalue weighted by Gasteiger charge is 2.19. The van der Waals surface area contributed by atoms with Gasteiger partial charge in [0.1, 0.15) is 11.6 Å². The van der Waals surface area contributed by atoms with E-state index >= 15 is 0 Å². The molecule has 3 heterocycles. The SMILES string of the molecule is CC(C(=O)Cc1ccc(-c2ccc3ncc(N4CCN(c5ccncc5)CC4)nc3c2)cc1)c1ccccc1. The zero-order valence-corrected chi connectivity index (χ0v) is 22.1. The van der Waals surface area contributed by atoms with Crippen LogP contribution >= 0.6 is 0 Å². The number of Topliss-reactive ketones (excluding diaryl/α,β-unsaturated/α-hetero) is 1. The van der Waals surface area contributed by atoms with Crippen molar-refractivity contribution in [3.63, 3.8) is 0 Å². The molecule has 0 spiro atoms. The molecule has 6 heteroatoms. The fourth-order valence-corrected chi connectivity index (χ4v) is 5.18. The highest BCUT2D eigenvalue weighted by Crippen LogP contribution is 2.26. The maximum atomic E-state index is 12.8. The molecule has 6 nitrogen and oxygen atoms in total. The van der Waals surface area contributed by atoms with Crippen molar-refractivity contribution in [3.05, 3.63) is 115 Å². The summed E-state index contributed by atoms with van der Waals surface area (Å²) in [7, 11) is 0. The third kappa shape index (κ3) is 5.50. The Balaban J connectivity index is 1.14. The van der Waals surface area contributed by atoms with Gasteiger partial charge in [0, 0.05) is 56.6 Å². The molecule has 1 saturated heterocycles. The van der Waals surface area contributed by atoms with Crippen LogP contribution in [0.1, 0.15) is 24.0 Å². The predicted molar refractivity (Wildman–Crippen MR) is 157 cm³/mol. The minimum absolute atomic E-state index is 0.113. The lowest BCUT2D eigenvalue weighted by atomic mass is 9.92. The first kappa shape index (κ1) is 24.7. The van der Waals surface area contributed by atoms with Crippen LogP contribution < -0.4 is 9.80 Å². The van der Waals surface area contributed by atoms with Crippen molar-refractivity contribution in [1.29, 1.82) is 0 Å². The molecule has 0 bridgehead atoms. The molecule has 39 heavy (non-hydrogen) atoms. The molecule has 2 aromatic heterocycles. The van der Waals surface area contributed by atoms with Crippen LogP contribution in [-0.2, 0) is 11.2 Å². The molecule has 1 unspecified atom stereocenters. The number of fused-ring (bicyclic) bond motifs is 1. The van der Waals surface area contributed by atoms with Crippen molar-refractivity contribution in [2.24, 2.45) is 0 Å². The Kier molecular flexibility index (Phi) is 7.00. The van der Waals surface area contributed by atoms with Gasteiger partial charge in [-0.15, -0.1) is 0 Å². The van der Waals surface area contributed by atoms with Gasteiger partial charge in [0.25, 0.3) is 0 Å². The molecular formula is C33H31N5O. The van der Waals surface area contributed by atoms with Crippen molar-refractivity contribution in [2.45, 2.75) is 19.3 Å². The molecule has 0 N–H and O–H groups in total. The number of aromatic nitrogens is 3. The molecule has 0 amide bonds. The standard InChI is InChI=1S/C33H31N5O/c1-24(26-5-3-2-4-6-26)32(39)21-25-7-9-27(10-8-25)28-11-12-30-31(22-28)36-33(23-35-30)38-19-17-37(18-20-38)29-13-15-34-16-14-29/h2-16,22-24H,17-21H2,1H3. The number of ketones is 1. The van der Waals surface area contributed by atoms with Gasteiger partial charge in [-0.25, -0.2) is 4.98 Å². The summed E-state index contributed by atoms with van der Waals surface area (Å²) in [5.74, 6) is 1.03. The Morgan fingerprint density at radius 2 is 1.49 bits per heavy atom. The number of anilines is 2. The number of carbonyl (C=O) groups excluding carboxylic acids is 1. The molecule has 3 aromatic carbocycles. The fourth-order valence-electron chi connectivity index (χ4n) is 5.18. The van der Waals surface area contributed by atoms with Gasteiger partial charge < -0.3 is 9.80 Å². The van der Waals surface area contributed by atoms with Crippen LogP contribution in [0.4, 0.5) is 11.5 Å². The second-order valence-electron chi connectivity index (χ2n) is 10.1. The zero-order valence-electron chi connectivity index (χ0n) is 22.1. The number of hydrogen-bond acceptors (Lipinski definition) is 6. The molecule has 1 aliphatic heterocycles. The van der Waals surface area contributed by atoms with Crippen molar-refractivity contribution in [2.75, 3.05) is 36.0 Å². The monoisotopic (exact) mass is 513 g/mol. The third-order valence-electron chi connectivity index (χ3n) is 7.61. The van der Waals surface area contributed by atoms with Gasteiger partial charge in [0.05, 0.1) is 17.2 Å². The van der Waals surface area contributed by atoms with E-state index < -0.39 is 0 Å². The molecule has 5 aromatic rings. The molecule has 1 fully saturated rings. The number of benzene rings is 3. The molecule has 1 aliphatic rings. The summed E-state index contributed by atoms with van der Waals surface area (Å²) in [6.07, 6.45) is 5.99. The number of hydrogen-bond donors (Lipinski definition) is 0. The normalized spacial score (nSPS) is 14.4. The second-order valence-corrected chi connectivity index (χ2v) is 10.1. The minimum Gasteiger partial charge on any atom is -0.368 e. The largest absolute Gasteiger partial charge is 0.368 e. The Morgan fingerprint density at radius 1 is 0.795 bits per heavy atom. The van der Waals surface area contributed by atoms with E-state index in [1.165, 1.54) is 5.69 Å². The van der Waals surface area contributed by atoms with Gasteiger partial charge in [-0.3, -0.25) is 14.8 Å². The number of nitrogens with zero attached hydrogens (tertiary/aromatic N) is 5. The lowest BCUT2D eigenvalue weighted by Gasteiger charge is -2.36. The van der Waals surface area contributed by atoms with Gasteiger partial charge >= 0.3 is 0 Å². The van der Waals surface area contributed by atoms with Crippen molar-refractivity contribution < 1.29 is 4.79 Å². The topological polar surface area (TPSA) is 62.2 Å². The van der Waals surface area contributed by atoms with Crippen molar-refractivity contribution in [3.8, 4) is 11.1 Å². The fraction of sp³-hybridized carbons (Fsp3) is 0.212. The quantitative estimate of drug-likeness (QED) is 0.269. The van der Waals surface area contributed by atoms with Crippen LogP contribution in [0.2, 0.25) is 0 Å². The van der Waals surface area contributed by atoms with Gasteiger partial charge in [-0.1, -0.05) is 67.6 Å². The predicted octanol–water partition coefficient (Wildman–Crippen LogP) is 5.93. The van der Waals surface area contributed by atoms with Crippen LogP contribution in [0, 0.1) is 0 Å². The second kappa shape index (κ2) is 11.0. The van der Waals surface area contributed by atoms with Crippen LogP contribution in [0.3, 0.4) is 0 Å². The smallest absolute Gasteiger partial charge is 0.147 e. The van der Waals surface area contributed by atoms with E-state index in [-0.39, 0.29) is 11.7 Å². The molecule has 0 saturated carbocycles. The average molecular weight is 514 g/mol. The first-order chi connectivity index (χ1) is 19.1. The first-order valence-corrected chi connectivity index (χ1v) is 13.5. The molecule has 194 valence electrons. The lowest BCUT2D eigenvalue weighted by molar-refractivity contribution is -0.119. The highest BCUT2D eigenvalue weighted by molar-refractivity contribution is 5.87. The zero-order chi connectivity index (χ0) is 26.6. The van der Waals surface area contributed by atoms with E-state index in [2.05, 4.69) is 63.3 Å². The number of carbonyl (C=O) groups is 1. The van der Waals surface area contributed by atoms with Crippen molar-refractivity contribution in [1.82, 2.24) is 15.0 Å². The maximum absolute atomic E-state index is 12.8. The third-order valence-corrected chi connectivity index (χ3v) is 7.61. The Morgan fingerprint density at radius 3 is 2.23 bits per heavy atom. The maximum Gasteiger partial charge on any atom is 0.147 e. The van der Waals surface area contributed by atoms with Crippen LogP contribution in [0.15, 0.2) is 104 Å². The Hall–Kier alpha value is -4.58. The molecular weight excluding hydrogens is 482 g/mol. The van der Waals surface area contributed by atoms with E-state index in [0.29, 0.717) is 6.42 Å². The first-order valence-electron chi connectivity index (χ1n) is 13.5. The minimum atomic E-state index is -0.113. The van der Waals surface area contributed by atoms with Gasteiger partial charge in [0.15, 0.2) is 0 Å². The number of pyridine rings is 1. The van der Waals surface area contributed by atoms with E-state index in [0.717, 1.165) is 65.3 Å². The van der Waals surface area contributed by atoms with Crippen LogP contribution in [0.25, 0.3) is 22.2 Å². The highest BCUT2D eigenvalue weighted by atomic mass is 16.1. The molecule has 6 rings (SSSR count). The average Bonchev–Trinajstić information content (AvgIpc) is 3.01. The van der Waals surface area contributed by atoms with E-state index in [9.17, 15) is 4.79 Å². The Bertz CT molecular complexity index is 1560. The summed E-state index contributed by atoms with van der Waals surface area (Å²) in [6.45, 7) is 5.64. The summed E-state index contributed by atoms with van der Waals surface area (Å²) < 4.78 is 0. The Labute approximate surface area is 229 Å². The van der Waals surface area contributed by atoms with E-state index in [1.807, 2.05) is 61.9 Å². The lowest BCUT2D eigenvalue weighted by Crippen LogP contribution is -2.46. The van der Waals surface area contributed by atoms with E-state index in [4.69, 9.17) is 9.97 Å². The van der Waals surface area contributed by atoms with Gasteiger partial charge in [-0.2, -0.15) is 0 Å². The van der Waals surface area contributed by atoms with Crippen LogP contribution in [0.5, 0.6) is 0 Å². The van der Waals surface area contributed by atoms with E-state index in [1.54, 1.807) is 0 Å². The summed E-state index contributed by atoms with van der Waals surface area (Å²) >= 11 is 0. The molecule has 0 radical (unpaired) electrons. The van der Waals surface area contributed by atoms with Crippen molar-refractivity contribution >= 4 is 28.3 Å². The molecule has 1 atom stereocenters. The number of piperazine rings is 1. The summed E-state index contributed by atoms with van der Waals surface area (Å²) in [4.78, 5) is 31.3. The molecule has 0 aliphatic carbocycles.